The molecule has 2 heterocycles. The molecule has 8 heteroatoms. The third kappa shape index (κ3) is 3.91. The van der Waals surface area contributed by atoms with Crippen LogP contribution in [0.1, 0.15) is 22.3 Å². The van der Waals surface area contributed by atoms with Crippen LogP contribution in [0.25, 0.3) is 0 Å². The van der Waals surface area contributed by atoms with Crippen LogP contribution in [-0.2, 0) is 6.42 Å². The molecule has 1 amide bonds. The number of fused-ring (bicyclic) bond motifs is 1. The molecule has 29 heavy (non-hydrogen) atoms. The highest BCUT2D eigenvalue weighted by molar-refractivity contribution is 6.34. The minimum Gasteiger partial charge on any atom is -0.437 e. The Morgan fingerprint density at radius 3 is 2.72 bits per heavy atom. The summed E-state index contributed by atoms with van der Waals surface area (Å²) in [5.41, 5.74) is 1.09. The SMILES string of the molecule is O=C(c1cccnc1Oc1cc(Cl)ccc1Cl)N1CCCc2cc(F)c(F)cc21. The Hall–Kier alpha value is -2.70. The fourth-order valence-corrected chi connectivity index (χ4v) is 3.55. The van der Waals surface area contributed by atoms with Crippen molar-refractivity contribution >= 4 is 34.8 Å². The summed E-state index contributed by atoms with van der Waals surface area (Å²) in [6.07, 6.45) is 2.66. The lowest BCUT2D eigenvalue weighted by Crippen LogP contribution is -2.36. The largest absolute Gasteiger partial charge is 0.437 e. The number of aryl methyl sites for hydroxylation is 1. The molecular weight excluding hydrogens is 421 g/mol. The van der Waals surface area contributed by atoms with Gasteiger partial charge in [-0.3, -0.25) is 4.79 Å². The summed E-state index contributed by atoms with van der Waals surface area (Å²) in [5.74, 6) is -2.08. The van der Waals surface area contributed by atoms with Gasteiger partial charge in [-0.25, -0.2) is 13.8 Å². The summed E-state index contributed by atoms with van der Waals surface area (Å²) >= 11 is 12.1. The van der Waals surface area contributed by atoms with Crippen LogP contribution >= 0.6 is 23.2 Å². The van der Waals surface area contributed by atoms with Gasteiger partial charge in [0.2, 0.25) is 5.88 Å². The summed E-state index contributed by atoms with van der Waals surface area (Å²) in [4.78, 5) is 18.8. The summed E-state index contributed by atoms with van der Waals surface area (Å²) < 4.78 is 33.2. The topological polar surface area (TPSA) is 42.4 Å². The summed E-state index contributed by atoms with van der Waals surface area (Å²) in [7, 11) is 0. The van der Waals surface area contributed by atoms with Crippen molar-refractivity contribution < 1.29 is 18.3 Å². The molecular formula is C21H14Cl2F2N2O2. The average Bonchev–Trinajstić information content (AvgIpc) is 2.71. The van der Waals surface area contributed by atoms with E-state index in [1.807, 2.05) is 0 Å². The number of benzene rings is 2. The quantitative estimate of drug-likeness (QED) is 0.503. The Morgan fingerprint density at radius 1 is 1.10 bits per heavy atom. The molecule has 0 bridgehead atoms. The molecule has 0 aliphatic carbocycles. The van der Waals surface area contributed by atoms with Crippen LogP contribution in [0.3, 0.4) is 0 Å². The summed E-state index contributed by atoms with van der Waals surface area (Å²) in [6, 6.07) is 10.0. The molecule has 1 aliphatic rings. The van der Waals surface area contributed by atoms with Gasteiger partial charge in [0.15, 0.2) is 11.6 Å². The van der Waals surface area contributed by atoms with Crippen LogP contribution < -0.4 is 9.64 Å². The van der Waals surface area contributed by atoms with E-state index in [2.05, 4.69) is 4.98 Å². The summed E-state index contributed by atoms with van der Waals surface area (Å²) in [5, 5.41) is 0.718. The van der Waals surface area contributed by atoms with Crippen LogP contribution in [0.5, 0.6) is 11.6 Å². The van der Waals surface area contributed by atoms with Gasteiger partial charge in [0, 0.05) is 29.9 Å². The Morgan fingerprint density at radius 2 is 1.90 bits per heavy atom. The number of hydrogen-bond acceptors (Lipinski definition) is 3. The first-order valence-corrected chi connectivity index (χ1v) is 9.57. The van der Waals surface area contributed by atoms with E-state index in [9.17, 15) is 13.6 Å². The van der Waals surface area contributed by atoms with Crippen molar-refractivity contribution in [1.82, 2.24) is 4.98 Å². The van der Waals surface area contributed by atoms with Gasteiger partial charge in [-0.2, -0.15) is 0 Å². The van der Waals surface area contributed by atoms with Crippen LogP contribution in [0.15, 0.2) is 48.7 Å². The lowest BCUT2D eigenvalue weighted by molar-refractivity contribution is 0.0982. The lowest BCUT2D eigenvalue weighted by atomic mass is 10.0. The zero-order valence-electron chi connectivity index (χ0n) is 15.0. The van der Waals surface area contributed by atoms with Gasteiger partial charge in [0.25, 0.3) is 5.91 Å². The minimum atomic E-state index is -1.00. The molecule has 0 fully saturated rings. The van der Waals surface area contributed by atoms with Crippen LogP contribution in [0.4, 0.5) is 14.5 Å². The molecule has 0 N–H and O–H groups in total. The van der Waals surface area contributed by atoms with Crippen LogP contribution in [-0.4, -0.2) is 17.4 Å². The van der Waals surface area contributed by atoms with Gasteiger partial charge >= 0.3 is 0 Å². The second kappa shape index (κ2) is 7.97. The average molecular weight is 435 g/mol. The number of anilines is 1. The van der Waals surface area contributed by atoms with Crippen molar-refractivity contribution in [2.45, 2.75) is 12.8 Å². The number of carbonyl (C=O) groups excluding carboxylic acids is 1. The molecule has 4 nitrogen and oxygen atoms in total. The third-order valence-electron chi connectivity index (χ3n) is 4.59. The van der Waals surface area contributed by atoms with Crippen LogP contribution in [0.2, 0.25) is 10.0 Å². The van der Waals surface area contributed by atoms with Crippen molar-refractivity contribution in [2.24, 2.45) is 0 Å². The monoisotopic (exact) mass is 434 g/mol. The van der Waals surface area contributed by atoms with Crippen molar-refractivity contribution in [3.05, 3.63) is 81.5 Å². The second-order valence-corrected chi connectivity index (χ2v) is 7.33. The van der Waals surface area contributed by atoms with Gasteiger partial charge < -0.3 is 9.64 Å². The minimum absolute atomic E-state index is 0.0383. The van der Waals surface area contributed by atoms with Crippen LogP contribution in [0, 0.1) is 11.6 Å². The maximum absolute atomic E-state index is 13.8. The van der Waals surface area contributed by atoms with E-state index in [1.54, 1.807) is 24.3 Å². The Kier molecular flexibility index (Phi) is 5.39. The maximum Gasteiger partial charge on any atom is 0.263 e. The molecule has 0 atom stereocenters. The smallest absolute Gasteiger partial charge is 0.263 e. The fourth-order valence-electron chi connectivity index (χ4n) is 3.23. The van der Waals surface area contributed by atoms with E-state index in [1.165, 1.54) is 17.2 Å². The first-order valence-electron chi connectivity index (χ1n) is 8.82. The molecule has 0 unspecified atom stereocenters. The zero-order chi connectivity index (χ0) is 20.5. The van der Waals surface area contributed by atoms with E-state index in [4.69, 9.17) is 27.9 Å². The van der Waals surface area contributed by atoms with Gasteiger partial charge in [-0.15, -0.1) is 0 Å². The van der Waals surface area contributed by atoms with Gasteiger partial charge in [-0.05, 0) is 48.7 Å². The molecule has 2 aromatic carbocycles. The van der Waals surface area contributed by atoms with E-state index >= 15 is 0 Å². The van der Waals surface area contributed by atoms with Crippen molar-refractivity contribution in [3.63, 3.8) is 0 Å². The maximum atomic E-state index is 13.8. The molecule has 0 saturated carbocycles. The van der Waals surface area contributed by atoms with Gasteiger partial charge in [0.1, 0.15) is 11.3 Å². The van der Waals surface area contributed by atoms with E-state index < -0.39 is 17.5 Å². The first-order chi connectivity index (χ1) is 13.9. The van der Waals surface area contributed by atoms with Gasteiger partial charge in [-0.1, -0.05) is 23.2 Å². The Labute approximate surface area is 175 Å². The van der Waals surface area contributed by atoms with E-state index in [-0.39, 0.29) is 17.2 Å². The predicted octanol–water partition coefficient (Wildman–Crippen LogP) is 6.05. The van der Waals surface area contributed by atoms with E-state index in [0.29, 0.717) is 40.7 Å². The van der Waals surface area contributed by atoms with Gasteiger partial charge in [0.05, 0.1) is 10.7 Å². The highest BCUT2D eigenvalue weighted by atomic mass is 35.5. The molecule has 0 spiro atoms. The standard InChI is InChI=1S/C21H14Cl2F2N2O2/c22-13-5-6-15(23)19(10-13)29-20-14(4-1-7-26-20)21(28)27-8-2-3-12-9-16(24)17(25)11-18(12)27/h1,4-7,9-11H,2-3,8H2. The molecule has 1 aliphatic heterocycles. The normalized spacial score (nSPS) is 13.2. The Balaban J connectivity index is 1.71. The highest BCUT2D eigenvalue weighted by Gasteiger charge is 2.28. The number of hydrogen-bond donors (Lipinski definition) is 0. The van der Waals surface area contributed by atoms with Crippen molar-refractivity contribution in [3.8, 4) is 11.6 Å². The molecule has 148 valence electrons. The molecule has 4 rings (SSSR count). The number of aromatic nitrogens is 1. The number of pyridine rings is 1. The van der Waals surface area contributed by atoms with E-state index in [0.717, 1.165) is 12.1 Å². The molecule has 0 radical (unpaired) electrons. The number of ether oxygens (including phenoxy) is 1. The number of nitrogens with zero attached hydrogens (tertiary/aromatic N) is 2. The number of rotatable bonds is 3. The zero-order valence-corrected chi connectivity index (χ0v) is 16.5. The Bertz CT molecular complexity index is 1110. The molecule has 3 aromatic rings. The fraction of sp³-hybridized carbons (Fsp3) is 0.143. The molecule has 0 saturated heterocycles. The second-order valence-electron chi connectivity index (χ2n) is 6.49. The molecule has 1 aromatic heterocycles. The summed E-state index contributed by atoms with van der Waals surface area (Å²) in [6.45, 7) is 0.364. The lowest BCUT2D eigenvalue weighted by Gasteiger charge is -2.30. The number of halogens is 4. The van der Waals surface area contributed by atoms with Crippen molar-refractivity contribution in [2.75, 3.05) is 11.4 Å². The third-order valence-corrected chi connectivity index (χ3v) is 5.13. The highest BCUT2D eigenvalue weighted by Crippen LogP contribution is 2.35. The predicted molar refractivity (Wildman–Crippen MR) is 107 cm³/mol. The first kappa shape index (κ1) is 19.6. The number of amides is 1. The number of carbonyl (C=O) groups is 1. The van der Waals surface area contributed by atoms with Crippen molar-refractivity contribution in [1.29, 1.82) is 0 Å².